The van der Waals surface area contributed by atoms with Gasteiger partial charge in [0.05, 0.1) is 17.9 Å². The zero-order valence-electron chi connectivity index (χ0n) is 16.3. The van der Waals surface area contributed by atoms with Gasteiger partial charge in [-0.2, -0.15) is 4.98 Å². The predicted octanol–water partition coefficient (Wildman–Crippen LogP) is 3.29. The number of nitrogens with one attached hydrogen (secondary N) is 1. The summed E-state index contributed by atoms with van der Waals surface area (Å²) in [7, 11) is 0. The summed E-state index contributed by atoms with van der Waals surface area (Å²) in [6, 6.07) is 18.2. The van der Waals surface area contributed by atoms with E-state index in [0.717, 1.165) is 61.4 Å². The SMILES string of the molecule is CCN1CCN(c2nc(NCc3ccccn3)cc(-c3ccccc3)n2)CC1. The molecule has 28 heavy (non-hydrogen) atoms. The first-order chi connectivity index (χ1) is 13.8. The van der Waals surface area contributed by atoms with Gasteiger partial charge in [0.25, 0.3) is 0 Å². The summed E-state index contributed by atoms with van der Waals surface area (Å²) in [5.41, 5.74) is 3.02. The average Bonchev–Trinajstić information content (AvgIpc) is 2.79. The lowest BCUT2D eigenvalue weighted by atomic mass is 10.1. The Bertz CT molecular complexity index is 876. The van der Waals surface area contributed by atoms with Crippen LogP contribution in [0.5, 0.6) is 0 Å². The number of nitrogens with zero attached hydrogens (tertiary/aromatic N) is 5. The second-order valence-corrected chi connectivity index (χ2v) is 6.90. The molecule has 2 aromatic heterocycles. The van der Waals surface area contributed by atoms with E-state index in [-0.39, 0.29) is 0 Å². The van der Waals surface area contributed by atoms with Crippen LogP contribution in [-0.4, -0.2) is 52.6 Å². The molecule has 0 amide bonds. The zero-order valence-corrected chi connectivity index (χ0v) is 16.3. The Morgan fingerprint density at radius 3 is 2.43 bits per heavy atom. The topological polar surface area (TPSA) is 57.2 Å². The Morgan fingerprint density at radius 2 is 1.71 bits per heavy atom. The third kappa shape index (κ3) is 4.46. The van der Waals surface area contributed by atoms with Crippen LogP contribution in [0, 0.1) is 0 Å². The molecule has 4 rings (SSSR count). The summed E-state index contributed by atoms with van der Waals surface area (Å²) in [4.78, 5) is 18.8. The molecule has 0 spiro atoms. The minimum absolute atomic E-state index is 0.634. The molecule has 1 aromatic carbocycles. The Balaban J connectivity index is 1.59. The van der Waals surface area contributed by atoms with E-state index in [2.05, 4.69) is 39.2 Å². The van der Waals surface area contributed by atoms with Crippen LogP contribution in [0.3, 0.4) is 0 Å². The van der Waals surface area contributed by atoms with Crippen LogP contribution in [0.25, 0.3) is 11.3 Å². The number of pyridine rings is 1. The third-order valence-electron chi connectivity index (χ3n) is 5.06. The maximum Gasteiger partial charge on any atom is 0.227 e. The molecule has 0 saturated carbocycles. The minimum Gasteiger partial charge on any atom is -0.364 e. The van der Waals surface area contributed by atoms with Crippen molar-refractivity contribution in [1.29, 1.82) is 0 Å². The highest BCUT2D eigenvalue weighted by atomic mass is 15.3. The van der Waals surface area contributed by atoms with Gasteiger partial charge in [-0.15, -0.1) is 0 Å². The van der Waals surface area contributed by atoms with E-state index in [9.17, 15) is 0 Å². The monoisotopic (exact) mass is 374 g/mol. The van der Waals surface area contributed by atoms with Crippen molar-refractivity contribution >= 4 is 11.8 Å². The fourth-order valence-corrected chi connectivity index (χ4v) is 3.37. The predicted molar refractivity (Wildman–Crippen MR) is 113 cm³/mol. The van der Waals surface area contributed by atoms with E-state index in [1.165, 1.54) is 0 Å². The van der Waals surface area contributed by atoms with Gasteiger partial charge in [0.2, 0.25) is 5.95 Å². The van der Waals surface area contributed by atoms with Gasteiger partial charge in [0.15, 0.2) is 0 Å². The molecule has 1 aliphatic heterocycles. The largest absolute Gasteiger partial charge is 0.364 e. The molecule has 1 saturated heterocycles. The lowest BCUT2D eigenvalue weighted by molar-refractivity contribution is 0.270. The van der Waals surface area contributed by atoms with Gasteiger partial charge in [-0.05, 0) is 18.7 Å². The summed E-state index contributed by atoms with van der Waals surface area (Å²) < 4.78 is 0. The van der Waals surface area contributed by atoms with Crippen molar-refractivity contribution in [3.8, 4) is 11.3 Å². The van der Waals surface area contributed by atoms with Crippen LogP contribution < -0.4 is 10.2 Å². The number of piperazine rings is 1. The summed E-state index contributed by atoms with van der Waals surface area (Å²) in [5, 5.41) is 3.42. The van der Waals surface area contributed by atoms with Gasteiger partial charge in [0, 0.05) is 44.0 Å². The fraction of sp³-hybridized carbons (Fsp3) is 0.318. The zero-order chi connectivity index (χ0) is 19.2. The maximum absolute atomic E-state index is 4.87. The van der Waals surface area contributed by atoms with Crippen LogP contribution in [0.4, 0.5) is 11.8 Å². The average molecular weight is 374 g/mol. The third-order valence-corrected chi connectivity index (χ3v) is 5.06. The number of hydrogen-bond acceptors (Lipinski definition) is 6. The smallest absolute Gasteiger partial charge is 0.227 e. The Labute approximate surface area is 166 Å². The van der Waals surface area contributed by atoms with Crippen molar-refractivity contribution in [2.24, 2.45) is 0 Å². The first kappa shape index (κ1) is 18.4. The highest BCUT2D eigenvalue weighted by molar-refractivity contribution is 5.64. The van der Waals surface area contributed by atoms with Crippen molar-refractivity contribution in [1.82, 2.24) is 19.9 Å². The van der Waals surface area contributed by atoms with Crippen LogP contribution in [0.1, 0.15) is 12.6 Å². The van der Waals surface area contributed by atoms with Crippen LogP contribution in [0.15, 0.2) is 60.8 Å². The Morgan fingerprint density at radius 1 is 0.929 bits per heavy atom. The number of hydrogen-bond donors (Lipinski definition) is 1. The first-order valence-electron chi connectivity index (χ1n) is 9.87. The highest BCUT2D eigenvalue weighted by Crippen LogP contribution is 2.23. The lowest BCUT2D eigenvalue weighted by Crippen LogP contribution is -2.46. The summed E-state index contributed by atoms with van der Waals surface area (Å²) in [6.45, 7) is 7.93. The minimum atomic E-state index is 0.634. The summed E-state index contributed by atoms with van der Waals surface area (Å²) in [5.74, 6) is 1.62. The molecule has 6 nitrogen and oxygen atoms in total. The molecule has 3 heterocycles. The molecule has 144 valence electrons. The molecule has 6 heteroatoms. The molecule has 3 aromatic rings. The number of rotatable bonds is 6. The van der Waals surface area contributed by atoms with Gasteiger partial charge in [0.1, 0.15) is 5.82 Å². The van der Waals surface area contributed by atoms with E-state index < -0.39 is 0 Å². The van der Waals surface area contributed by atoms with Crippen LogP contribution in [-0.2, 0) is 6.54 Å². The molecule has 0 aliphatic carbocycles. The maximum atomic E-state index is 4.87. The van der Waals surface area contributed by atoms with Crippen LogP contribution >= 0.6 is 0 Å². The summed E-state index contributed by atoms with van der Waals surface area (Å²) >= 11 is 0. The van der Waals surface area contributed by atoms with Gasteiger partial charge in [-0.1, -0.05) is 43.3 Å². The van der Waals surface area contributed by atoms with Crippen LogP contribution in [0.2, 0.25) is 0 Å². The second kappa shape index (κ2) is 8.80. The molecule has 1 N–H and O–H groups in total. The van der Waals surface area contributed by atoms with Crippen molar-refractivity contribution in [3.63, 3.8) is 0 Å². The van der Waals surface area contributed by atoms with Gasteiger partial charge >= 0.3 is 0 Å². The molecule has 0 unspecified atom stereocenters. The van der Waals surface area contributed by atoms with E-state index in [0.29, 0.717) is 6.54 Å². The molecule has 1 fully saturated rings. The fourth-order valence-electron chi connectivity index (χ4n) is 3.37. The number of likely N-dealkylation sites (N-methyl/N-ethyl adjacent to an activating group) is 1. The molecule has 1 aliphatic rings. The molecule has 0 bridgehead atoms. The normalized spacial score (nSPS) is 14.8. The molecule has 0 atom stereocenters. The van der Waals surface area contributed by atoms with Crippen molar-refractivity contribution in [2.45, 2.75) is 13.5 Å². The summed E-state index contributed by atoms with van der Waals surface area (Å²) in [6.07, 6.45) is 1.81. The van der Waals surface area contributed by atoms with Gasteiger partial charge in [-0.3, -0.25) is 4.98 Å². The van der Waals surface area contributed by atoms with Crippen molar-refractivity contribution < 1.29 is 0 Å². The highest BCUT2D eigenvalue weighted by Gasteiger charge is 2.19. The van der Waals surface area contributed by atoms with Gasteiger partial charge < -0.3 is 15.1 Å². The molecular formula is C22H26N6. The van der Waals surface area contributed by atoms with E-state index in [1.807, 2.05) is 48.7 Å². The standard InChI is InChI=1S/C22H26N6/c1-2-27-12-14-28(15-13-27)22-25-20(18-8-4-3-5-9-18)16-21(26-22)24-17-19-10-6-7-11-23-19/h3-11,16H,2,12-15,17H2,1H3,(H,24,25,26). The quantitative estimate of drug-likeness (QED) is 0.714. The van der Waals surface area contributed by atoms with E-state index in [4.69, 9.17) is 9.97 Å². The van der Waals surface area contributed by atoms with Crippen molar-refractivity contribution in [2.75, 3.05) is 42.9 Å². The van der Waals surface area contributed by atoms with Gasteiger partial charge in [-0.25, -0.2) is 4.98 Å². The Kier molecular flexibility index (Phi) is 5.77. The number of anilines is 2. The van der Waals surface area contributed by atoms with E-state index >= 15 is 0 Å². The lowest BCUT2D eigenvalue weighted by Gasteiger charge is -2.34. The molecular weight excluding hydrogens is 348 g/mol. The van der Waals surface area contributed by atoms with Crippen molar-refractivity contribution in [3.05, 3.63) is 66.5 Å². The molecule has 0 radical (unpaired) electrons. The second-order valence-electron chi connectivity index (χ2n) is 6.90. The van der Waals surface area contributed by atoms with E-state index in [1.54, 1.807) is 0 Å². The number of benzene rings is 1. The Hall–Kier alpha value is -2.99. The first-order valence-corrected chi connectivity index (χ1v) is 9.87. The number of aromatic nitrogens is 3.